The van der Waals surface area contributed by atoms with Crippen LogP contribution in [0.15, 0.2) is 18.2 Å². The van der Waals surface area contributed by atoms with Crippen LogP contribution in [0.5, 0.6) is 0 Å². The number of benzene rings is 1. The fraction of sp³-hybridized carbons (Fsp3) is 0.565. The van der Waals surface area contributed by atoms with Gasteiger partial charge < -0.3 is 14.6 Å². The van der Waals surface area contributed by atoms with Gasteiger partial charge in [0.05, 0.1) is 11.6 Å². The Hall–Kier alpha value is -2.55. The number of aromatic amines is 1. The normalized spacial score (nSPS) is 23.2. The van der Waals surface area contributed by atoms with Gasteiger partial charge in [0.25, 0.3) is 0 Å². The van der Waals surface area contributed by atoms with Gasteiger partial charge in [-0.1, -0.05) is 6.92 Å². The molecule has 1 spiro atoms. The summed E-state index contributed by atoms with van der Waals surface area (Å²) in [6, 6.07) is 6.86. The summed E-state index contributed by atoms with van der Waals surface area (Å²) in [4.78, 5) is 17.4. The second kappa shape index (κ2) is 6.48. The largest absolute Gasteiger partial charge is 0.444 e. The highest BCUT2D eigenvalue weighted by atomic mass is 19.1. The number of hydrogen-bond acceptors (Lipinski definition) is 3. The first kappa shape index (κ1) is 19.8. The van der Waals surface area contributed by atoms with E-state index in [-0.39, 0.29) is 22.7 Å². The molecule has 1 saturated heterocycles. The minimum atomic E-state index is -0.476. The van der Waals surface area contributed by atoms with Crippen molar-refractivity contribution in [2.75, 3.05) is 13.1 Å². The first-order valence-corrected chi connectivity index (χ1v) is 10.2. The Balaban J connectivity index is 1.43. The zero-order chi connectivity index (χ0) is 21.0. The van der Waals surface area contributed by atoms with Gasteiger partial charge >= 0.3 is 6.09 Å². The van der Waals surface area contributed by atoms with Crippen molar-refractivity contribution in [1.29, 1.82) is 5.26 Å². The van der Waals surface area contributed by atoms with Crippen molar-refractivity contribution in [2.45, 2.75) is 59.0 Å². The molecule has 154 valence electrons. The Bertz CT molecular complexity index is 1010. The molecule has 4 rings (SSSR count). The Morgan fingerprint density at radius 2 is 2.00 bits per heavy atom. The number of fused-ring (bicyclic) bond motifs is 1. The molecule has 5 nitrogen and oxygen atoms in total. The van der Waals surface area contributed by atoms with E-state index in [4.69, 9.17) is 10.00 Å². The number of aromatic nitrogens is 1. The molecule has 0 unspecified atom stereocenters. The third-order valence-electron chi connectivity index (χ3n) is 6.71. The third-order valence-corrected chi connectivity index (χ3v) is 6.71. The number of nitriles is 1. The van der Waals surface area contributed by atoms with Crippen molar-refractivity contribution in [1.82, 2.24) is 9.88 Å². The van der Waals surface area contributed by atoms with Gasteiger partial charge in [0.1, 0.15) is 11.4 Å². The standard InChI is InChI=1S/C23H28FN3O2/c1-21(2,3)29-20(28)27-7-5-23(6-8-27)14-22(23,4)12-16-11-17-18(24)9-15(13-25)10-19(17)26-16/h9-11,26H,5-8,12,14H2,1-4H3/t22-/m1/s1. The lowest BCUT2D eigenvalue weighted by Crippen LogP contribution is -2.43. The van der Waals surface area contributed by atoms with Crippen LogP contribution in [0.25, 0.3) is 10.9 Å². The number of carbonyl (C=O) groups is 1. The van der Waals surface area contributed by atoms with E-state index in [9.17, 15) is 9.18 Å². The van der Waals surface area contributed by atoms with Crippen molar-refractivity contribution < 1.29 is 13.9 Å². The molecule has 2 heterocycles. The lowest BCUT2D eigenvalue weighted by molar-refractivity contribution is 0.0152. The molecule has 1 aliphatic carbocycles. The molecule has 6 heteroatoms. The fourth-order valence-corrected chi connectivity index (χ4v) is 5.01. The number of rotatable bonds is 2. The highest BCUT2D eigenvalue weighted by Crippen LogP contribution is 2.70. The molecule has 0 bridgehead atoms. The smallest absolute Gasteiger partial charge is 0.410 e. The summed E-state index contributed by atoms with van der Waals surface area (Å²) in [7, 11) is 0. The van der Waals surface area contributed by atoms with Gasteiger partial charge in [-0.2, -0.15) is 5.26 Å². The molecule has 1 N–H and O–H groups in total. The van der Waals surface area contributed by atoms with E-state index in [1.807, 2.05) is 37.8 Å². The fourth-order valence-electron chi connectivity index (χ4n) is 5.01. The molecule has 1 amide bonds. The topological polar surface area (TPSA) is 69.1 Å². The van der Waals surface area contributed by atoms with Crippen molar-refractivity contribution in [3.05, 3.63) is 35.3 Å². The molecule has 1 saturated carbocycles. The van der Waals surface area contributed by atoms with Crippen LogP contribution in [-0.4, -0.2) is 34.7 Å². The van der Waals surface area contributed by atoms with Crippen LogP contribution >= 0.6 is 0 Å². The molecule has 1 aromatic carbocycles. The van der Waals surface area contributed by atoms with Crippen LogP contribution < -0.4 is 0 Å². The summed E-state index contributed by atoms with van der Waals surface area (Å²) >= 11 is 0. The molecule has 2 aliphatic rings. The molecule has 2 fully saturated rings. The van der Waals surface area contributed by atoms with Crippen molar-refractivity contribution in [3.63, 3.8) is 0 Å². The van der Waals surface area contributed by atoms with Gasteiger partial charge in [0, 0.05) is 29.7 Å². The number of carbonyl (C=O) groups excluding carboxylic acids is 1. The monoisotopic (exact) mass is 397 g/mol. The van der Waals surface area contributed by atoms with Crippen LogP contribution in [0, 0.1) is 28.0 Å². The first-order chi connectivity index (χ1) is 13.5. The van der Waals surface area contributed by atoms with E-state index < -0.39 is 5.60 Å². The number of amides is 1. The van der Waals surface area contributed by atoms with Gasteiger partial charge in [0.15, 0.2) is 0 Å². The molecular weight excluding hydrogens is 369 g/mol. The first-order valence-electron chi connectivity index (χ1n) is 10.2. The molecule has 1 aliphatic heterocycles. The van der Waals surface area contributed by atoms with Gasteiger partial charge in [-0.25, -0.2) is 9.18 Å². The predicted octanol–water partition coefficient (Wildman–Crippen LogP) is 5.15. The van der Waals surface area contributed by atoms with Crippen molar-refractivity contribution in [2.24, 2.45) is 10.8 Å². The average Bonchev–Trinajstić information content (AvgIpc) is 2.97. The Labute approximate surface area is 170 Å². The van der Waals surface area contributed by atoms with Gasteiger partial charge in [0.2, 0.25) is 0 Å². The van der Waals surface area contributed by atoms with Crippen LogP contribution in [0.2, 0.25) is 0 Å². The van der Waals surface area contributed by atoms with Crippen LogP contribution in [0.1, 0.15) is 58.2 Å². The van der Waals surface area contributed by atoms with E-state index in [1.165, 1.54) is 6.07 Å². The number of hydrogen-bond donors (Lipinski definition) is 1. The second-order valence-corrected chi connectivity index (χ2v) is 9.99. The zero-order valence-corrected chi connectivity index (χ0v) is 17.6. The molecule has 29 heavy (non-hydrogen) atoms. The SMILES string of the molecule is CC(C)(C)OC(=O)N1CCC2(CC1)C[C@@]2(C)Cc1cc2c(F)cc(C#N)cc2[nH]1. The minimum absolute atomic E-state index is 0.141. The summed E-state index contributed by atoms with van der Waals surface area (Å²) < 4.78 is 19.8. The number of nitrogens with one attached hydrogen (secondary N) is 1. The van der Waals surface area contributed by atoms with E-state index >= 15 is 0 Å². The maximum absolute atomic E-state index is 14.3. The summed E-state index contributed by atoms with van der Waals surface area (Å²) in [6.07, 6.45) is 3.67. The van der Waals surface area contributed by atoms with Gasteiger partial charge in [-0.3, -0.25) is 0 Å². The number of halogens is 1. The number of nitrogens with zero attached hydrogens (tertiary/aromatic N) is 2. The Morgan fingerprint density at radius 1 is 1.31 bits per heavy atom. The van der Waals surface area contributed by atoms with Gasteiger partial charge in [-0.15, -0.1) is 0 Å². The van der Waals surface area contributed by atoms with E-state index in [0.29, 0.717) is 16.5 Å². The van der Waals surface area contributed by atoms with Gasteiger partial charge in [-0.05, 0) is 75.5 Å². The zero-order valence-electron chi connectivity index (χ0n) is 17.6. The number of likely N-dealkylation sites (tertiary alicyclic amines) is 1. The number of ether oxygens (including phenoxy) is 1. The van der Waals surface area contributed by atoms with Crippen molar-refractivity contribution >= 4 is 17.0 Å². The summed E-state index contributed by atoms with van der Waals surface area (Å²) in [5.74, 6) is -0.358. The Kier molecular flexibility index (Phi) is 4.41. The second-order valence-electron chi connectivity index (χ2n) is 9.99. The third kappa shape index (κ3) is 3.59. The van der Waals surface area contributed by atoms with Crippen LogP contribution in [0.4, 0.5) is 9.18 Å². The number of H-pyrrole nitrogens is 1. The van der Waals surface area contributed by atoms with E-state index in [1.54, 1.807) is 6.07 Å². The predicted molar refractivity (Wildman–Crippen MR) is 109 cm³/mol. The summed E-state index contributed by atoms with van der Waals surface area (Å²) in [5.41, 5.74) is 1.91. The van der Waals surface area contributed by atoms with Crippen LogP contribution in [-0.2, 0) is 11.2 Å². The van der Waals surface area contributed by atoms with Crippen molar-refractivity contribution in [3.8, 4) is 6.07 Å². The minimum Gasteiger partial charge on any atom is -0.444 e. The quantitative estimate of drug-likeness (QED) is 0.762. The molecule has 0 radical (unpaired) electrons. The molecular formula is C23H28FN3O2. The van der Waals surface area contributed by atoms with E-state index in [0.717, 1.165) is 44.5 Å². The Morgan fingerprint density at radius 3 is 2.62 bits per heavy atom. The van der Waals surface area contributed by atoms with Crippen LogP contribution in [0.3, 0.4) is 0 Å². The highest BCUT2D eigenvalue weighted by Gasteiger charge is 2.64. The summed E-state index contributed by atoms with van der Waals surface area (Å²) in [6.45, 7) is 9.39. The summed E-state index contributed by atoms with van der Waals surface area (Å²) in [5, 5.41) is 9.59. The molecule has 1 aromatic heterocycles. The number of piperidine rings is 1. The lowest BCUT2D eigenvalue weighted by Gasteiger charge is -2.35. The maximum atomic E-state index is 14.3. The highest BCUT2D eigenvalue weighted by molar-refractivity contribution is 5.82. The molecule has 2 aromatic rings. The molecule has 1 atom stereocenters. The van der Waals surface area contributed by atoms with E-state index in [2.05, 4.69) is 11.9 Å². The lowest BCUT2D eigenvalue weighted by atomic mass is 9.83. The average molecular weight is 397 g/mol. The maximum Gasteiger partial charge on any atom is 0.410 e.